The van der Waals surface area contributed by atoms with E-state index in [0.717, 1.165) is 0 Å². The molecule has 21 heavy (non-hydrogen) atoms. The van der Waals surface area contributed by atoms with Gasteiger partial charge in [0.15, 0.2) is 0 Å². The number of hydrogen-bond donors (Lipinski definition) is 0. The van der Waals surface area contributed by atoms with E-state index in [1.807, 2.05) is 0 Å². The van der Waals surface area contributed by atoms with Crippen LogP contribution in [0.2, 0.25) is 0 Å². The summed E-state index contributed by atoms with van der Waals surface area (Å²) in [4.78, 5) is 0. The molecule has 0 amide bonds. The van der Waals surface area contributed by atoms with Crippen LogP contribution >= 0.6 is 17.0 Å². The summed E-state index contributed by atoms with van der Waals surface area (Å²) in [5, 5.41) is 0. The molecule has 0 aliphatic heterocycles. The van der Waals surface area contributed by atoms with E-state index in [9.17, 15) is 0 Å². The quantitative estimate of drug-likeness (QED) is 0.471. The number of unbranched alkanes of at least 4 members (excludes halogenated alkanes) is 2. The Balaban J connectivity index is 0.000000322. The first-order chi connectivity index (χ1) is 10.3. The van der Waals surface area contributed by atoms with Gasteiger partial charge < -0.3 is 0 Å². The van der Waals surface area contributed by atoms with Crippen LogP contribution in [0.1, 0.15) is 52.4 Å². The third-order valence-electron chi connectivity index (χ3n) is 3.10. The van der Waals surface area contributed by atoms with Gasteiger partial charge in [-0.15, -0.1) is 0 Å². The number of rotatable bonds is 6. The van der Waals surface area contributed by atoms with Crippen LogP contribution in [0.15, 0.2) is 0 Å². The van der Waals surface area contributed by atoms with E-state index in [2.05, 4.69) is 65.2 Å². The van der Waals surface area contributed by atoms with Crippen molar-refractivity contribution in [2.24, 2.45) is 0 Å². The van der Waals surface area contributed by atoms with E-state index in [-0.39, 0.29) is 0 Å². The van der Waals surface area contributed by atoms with E-state index in [1.165, 1.54) is 50.4 Å². The van der Waals surface area contributed by atoms with Gasteiger partial charge in [0, 0.05) is 0 Å². The van der Waals surface area contributed by atoms with Crippen LogP contribution in [0.25, 0.3) is 0 Å². The molecule has 2 fully saturated rings. The zero-order valence-electron chi connectivity index (χ0n) is 13.1. The Morgan fingerprint density at radius 2 is 1.00 bits per heavy atom. The monoisotopic (exact) mass is 402 g/mol. The van der Waals surface area contributed by atoms with Crippen LogP contribution in [0.4, 0.5) is 0 Å². The molecular weight excluding hydrogens is 378 g/mol. The molecular formula is C18H26Cl2Zr+2. The fourth-order valence-electron chi connectivity index (χ4n) is 1.92. The van der Waals surface area contributed by atoms with Crippen LogP contribution in [-0.4, -0.2) is 0 Å². The van der Waals surface area contributed by atoms with Crippen molar-refractivity contribution in [1.29, 1.82) is 0 Å². The molecule has 10 radical (unpaired) electrons. The Morgan fingerprint density at radius 3 is 1.24 bits per heavy atom. The number of halogens is 2. The SMILES string of the molecule is CCCC[C]1[CH][CH][CH][CH]1.CCCC[C]1[CH][CH][CH][CH]1.[Cl][Zr+2][Cl]. The molecule has 0 aromatic heterocycles. The summed E-state index contributed by atoms with van der Waals surface area (Å²) in [5.74, 6) is 2.97. The van der Waals surface area contributed by atoms with Gasteiger partial charge in [0.1, 0.15) is 0 Å². The van der Waals surface area contributed by atoms with Crippen molar-refractivity contribution in [2.45, 2.75) is 52.4 Å². The second-order valence-electron chi connectivity index (χ2n) is 4.86. The third-order valence-corrected chi connectivity index (χ3v) is 3.10. The van der Waals surface area contributed by atoms with Gasteiger partial charge in [0.05, 0.1) is 0 Å². The molecule has 114 valence electrons. The molecule has 0 N–H and O–H groups in total. The van der Waals surface area contributed by atoms with Crippen LogP contribution in [-0.2, 0) is 20.8 Å². The molecule has 0 saturated heterocycles. The molecule has 0 aromatic rings. The van der Waals surface area contributed by atoms with Crippen LogP contribution in [0, 0.1) is 63.2 Å². The minimum absolute atomic E-state index is 0.826. The molecule has 0 unspecified atom stereocenters. The van der Waals surface area contributed by atoms with Crippen molar-refractivity contribution >= 4 is 17.0 Å². The van der Waals surface area contributed by atoms with Gasteiger partial charge in [-0.2, -0.15) is 0 Å². The van der Waals surface area contributed by atoms with Gasteiger partial charge in [-0.25, -0.2) is 0 Å². The van der Waals surface area contributed by atoms with Crippen molar-refractivity contribution in [1.82, 2.24) is 0 Å². The summed E-state index contributed by atoms with van der Waals surface area (Å²) < 4.78 is 0. The average Bonchev–Trinajstić information content (AvgIpc) is 3.18. The minimum atomic E-state index is -0.826. The van der Waals surface area contributed by atoms with Gasteiger partial charge in [-0.1, -0.05) is 39.5 Å². The predicted molar refractivity (Wildman–Crippen MR) is 91.6 cm³/mol. The predicted octanol–water partition coefficient (Wildman–Crippen LogP) is 6.54. The van der Waals surface area contributed by atoms with Crippen LogP contribution in [0.5, 0.6) is 0 Å². The maximum atomic E-state index is 4.93. The van der Waals surface area contributed by atoms with E-state index in [0.29, 0.717) is 0 Å². The second-order valence-corrected chi connectivity index (χ2v) is 8.60. The molecule has 2 aliphatic rings. The first kappa shape index (κ1) is 22.5. The van der Waals surface area contributed by atoms with Crippen molar-refractivity contribution in [3.8, 4) is 0 Å². The average molecular weight is 405 g/mol. The molecule has 0 spiro atoms. The summed E-state index contributed by atoms with van der Waals surface area (Å²) >= 11 is -0.826. The molecule has 0 heterocycles. The molecule has 0 nitrogen and oxygen atoms in total. The Morgan fingerprint density at radius 1 is 0.714 bits per heavy atom. The number of hydrogen-bond acceptors (Lipinski definition) is 0. The van der Waals surface area contributed by atoms with Crippen LogP contribution < -0.4 is 0 Å². The fraction of sp³-hybridized carbons (Fsp3) is 0.444. The van der Waals surface area contributed by atoms with Gasteiger partial charge >= 0.3 is 37.9 Å². The summed E-state index contributed by atoms with van der Waals surface area (Å²) in [7, 11) is 9.87. The summed E-state index contributed by atoms with van der Waals surface area (Å²) in [6, 6.07) is 0. The van der Waals surface area contributed by atoms with Crippen LogP contribution in [0.3, 0.4) is 0 Å². The molecule has 3 heteroatoms. The Labute approximate surface area is 152 Å². The van der Waals surface area contributed by atoms with Gasteiger partial charge in [0.25, 0.3) is 0 Å². The molecule has 0 aromatic carbocycles. The van der Waals surface area contributed by atoms with Crippen molar-refractivity contribution in [2.75, 3.05) is 0 Å². The van der Waals surface area contributed by atoms with E-state index < -0.39 is 20.8 Å². The normalized spacial score (nSPS) is 18.5. The van der Waals surface area contributed by atoms with E-state index in [1.54, 1.807) is 0 Å². The first-order valence-electron chi connectivity index (χ1n) is 7.65. The second kappa shape index (κ2) is 17.8. The topological polar surface area (TPSA) is 0 Å². The van der Waals surface area contributed by atoms with Gasteiger partial charge in [-0.05, 0) is 76.0 Å². The van der Waals surface area contributed by atoms with Gasteiger partial charge in [-0.3, -0.25) is 0 Å². The first-order valence-corrected chi connectivity index (χ1v) is 14.0. The Hall–Kier alpha value is 1.46. The van der Waals surface area contributed by atoms with Crippen molar-refractivity contribution < 1.29 is 20.8 Å². The summed E-state index contributed by atoms with van der Waals surface area (Å²) in [5.41, 5.74) is 0. The maximum absolute atomic E-state index is 4.93. The fourth-order valence-corrected chi connectivity index (χ4v) is 1.92. The third kappa shape index (κ3) is 14.8. The van der Waals surface area contributed by atoms with E-state index in [4.69, 9.17) is 17.0 Å². The van der Waals surface area contributed by atoms with Gasteiger partial charge in [0.2, 0.25) is 0 Å². The molecule has 0 bridgehead atoms. The van der Waals surface area contributed by atoms with Crippen molar-refractivity contribution in [3.05, 3.63) is 63.2 Å². The molecule has 2 rings (SSSR count). The van der Waals surface area contributed by atoms with E-state index >= 15 is 0 Å². The Kier molecular flexibility index (Phi) is 19.1. The molecule has 0 atom stereocenters. The molecule has 2 saturated carbocycles. The Bertz CT molecular complexity index is 168. The summed E-state index contributed by atoms with van der Waals surface area (Å²) in [6.07, 6.45) is 24.9. The standard InChI is InChI=1S/2C9H13.2ClH.Zr/c2*1-2-3-6-9-7-4-5-8-9;;;/h2*4-5,7-8H,2-3,6H2,1H3;2*1H;/q;;;;+4/p-2. The van der Waals surface area contributed by atoms with Crippen molar-refractivity contribution in [3.63, 3.8) is 0 Å². The summed E-state index contributed by atoms with van der Waals surface area (Å²) in [6.45, 7) is 4.45. The zero-order chi connectivity index (χ0) is 15.8. The zero-order valence-corrected chi connectivity index (χ0v) is 17.1. The molecule has 2 aliphatic carbocycles.